The molecule has 1 rings (SSSR count). The van der Waals surface area contributed by atoms with Crippen LogP contribution in [-0.2, 0) is 16.1 Å². The summed E-state index contributed by atoms with van der Waals surface area (Å²) >= 11 is 0. The summed E-state index contributed by atoms with van der Waals surface area (Å²) in [6.07, 6.45) is 0. The quantitative estimate of drug-likeness (QED) is 0.315. The molecule has 15 heavy (non-hydrogen) atoms. The third-order valence-electron chi connectivity index (χ3n) is 1.61. The SMILES string of the molecule is N#CC(=[N+]=[N-])C(=O)OCc1ccccc1. The highest BCUT2D eigenvalue weighted by molar-refractivity contribution is 6.40. The van der Waals surface area contributed by atoms with Crippen molar-refractivity contribution in [2.24, 2.45) is 0 Å². The fourth-order valence-corrected chi connectivity index (χ4v) is 0.900. The Labute approximate surface area is 86.1 Å². The van der Waals surface area contributed by atoms with Crippen LogP contribution < -0.4 is 0 Å². The highest BCUT2D eigenvalue weighted by Gasteiger charge is 2.20. The predicted octanol–water partition coefficient (Wildman–Crippen LogP) is 0.924. The minimum Gasteiger partial charge on any atom is -0.451 e. The summed E-state index contributed by atoms with van der Waals surface area (Å²) in [6, 6.07) is 10.4. The topological polar surface area (TPSA) is 86.5 Å². The Morgan fingerprint density at radius 1 is 1.47 bits per heavy atom. The summed E-state index contributed by atoms with van der Waals surface area (Å²) < 4.78 is 4.72. The van der Waals surface area contributed by atoms with E-state index in [4.69, 9.17) is 15.5 Å². The van der Waals surface area contributed by atoms with E-state index in [2.05, 4.69) is 4.79 Å². The van der Waals surface area contributed by atoms with Crippen LogP contribution in [0.25, 0.3) is 5.53 Å². The lowest BCUT2D eigenvalue weighted by molar-refractivity contribution is -0.141. The molecule has 0 saturated carbocycles. The van der Waals surface area contributed by atoms with Crippen molar-refractivity contribution in [1.29, 1.82) is 5.26 Å². The van der Waals surface area contributed by atoms with Crippen molar-refractivity contribution in [3.63, 3.8) is 0 Å². The molecule has 1 aromatic rings. The van der Waals surface area contributed by atoms with Gasteiger partial charge in [-0.25, -0.2) is 4.79 Å². The number of carbonyl (C=O) groups excluding carboxylic acids is 1. The van der Waals surface area contributed by atoms with Gasteiger partial charge in [0, 0.05) is 0 Å². The Hall–Kier alpha value is -2.44. The van der Waals surface area contributed by atoms with Crippen LogP contribution in [0.15, 0.2) is 30.3 Å². The van der Waals surface area contributed by atoms with Crippen molar-refractivity contribution in [1.82, 2.24) is 0 Å². The first-order chi connectivity index (χ1) is 7.27. The number of hydrogen-bond acceptors (Lipinski definition) is 3. The highest BCUT2D eigenvalue weighted by Crippen LogP contribution is 2.00. The van der Waals surface area contributed by atoms with Crippen molar-refractivity contribution in [3.8, 4) is 6.07 Å². The lowest BCUT2D eigenvalue weighted by Crippen LogP contribution is -2.16. The summed E-state index contributed by atoms with van der Waals surface area (Å²) in [6.45, 7) is 0.0420. The minimum absolute atomic E-state index is 0.0420. The monoisotopic (exact) mass is 201 g/mol. The van der Waals surface area contributed by atoms with Crippen molar-refractivity contribution in [2.75, 3.05) is 0 Å². The van der Waals surface area contributed by atoms with Crippen LogP contribution in [0.1, 0.15) is 5.56 Å². The predicted molar refractivity (Wildman–Crippen MR) is 50.5 cm³/mol. The lowest BCUT2D eigenvalue weighted by atomic mass is 10.2. The van der Waals surface area contributed by atoms with E-state index in [1.165, 1.54) is 6.07 Å². The molecular weight excluding hydrogens is 194 g/mol. The van der Waals surface area contributed by atoms with E-state index in [-0.39, 0.29) is 6.61 Å². The zero-order valence-electron chi connectivity index (χ0n) is 7.75. The van der Waals surface area contributed by atoms with E-state index in [0.29, 0.717) is 0 Å². The van der Waals surface area contributed by atoms with E-state index in [9.17, 15) is 4.79 Å². The molecular formula is C10H7N3O2. The van der Waals surface area contributed by atoms with Crippen LogP contribution >= 0.6 is 0 Å². The van der Waals surface area contributed by atoms with Gasteiger partial charge in [-0.3, -0.25) is 0 Å². The third kappa shape index (κ3) is 3.07. The van der Waals surface area contributed by atoms with Gasteiger partial charge in [-0.15, -0.1) is 4.79 Å². The van der Waals surface area contributed by atoms with E-state index in [1.807, 2.05) is 6.07 Å². The van der Waals surface area contributed by atoms with Gasteiger partial charge in [0.2, 0.25) is 0 Å². The van der Waals surface area contributed by atoms with Gasteiger partial charge in [0.25, 0.3) is 0 Å². The number of benzene rings is 1. The molecule has 0 unspecified atom stereocenters. The van der Waals surface area contributed by atoms with E-state index in [1.54, 1.807) is 24.3 Å². The molecule has 0 N–H and O–H groups in total. The molecule has 0 heterocycles. The van der Waals surface area contributed by atoms with Crippen LogP contribution in [0.5, 0.6) is 0 Å². The number of ether oxygens (including phenoxy) is 1. The van der Waals surface area contributed by atoms with Crippen molar-refractivity contribution < 1.29 is 14.3 Å². The number of nitriles is 1. The molecule has 0 atom stereocenters. The largest absolute Gasteiger partial charge is 0.475 e. The molecule has 0 aliphatic carbocycles. The molecule has 1 aromatic carbocycles. The molecule has 5 heteroatoms. The Morgan fingerprint density at radius 3 is 2.67 bits per heavy atom. The van der Waals surface area contributed by atoms with Gasteiger partial charge in [-0.05, 0) is 5.56 Å². The summed E-state index contributed by atoms with van der Waals surface area (Å²) in [4.78, 5) is 13.5. The Morgan fingerprint density at radius 2 is 2.13 bits per heavy atom. The molecule has 0 saturated heterocycles. The molecule has 0 aliphatic heterocycles. The minimum atomic E-state index is -0.941. The van der Waals surface area contributed by atoms with Gasteiger partial charge >= 0.3 is 11.7 Å². The third-order valence-corrected chi connectivity index (χ3v) is 1.61. The second kappa shape index (κ2) is 5.32. The molecule has 74 valence electrons. The fourth-order valence-electron chi connectivity index (χ4n) is 0.900. The first kappa shape index (κ1) is 10.6. The molecule has 0 bridgehead atoms. The second-order valence-electron chi connectivity index (χ2n) is 2.62. The fraction of sp³-hybridized carbons (Fsp3) is 0.100. The smallest absolute Gasteiger partial charge is 0.451 e. The second-order valence-corrected chi connectivity index (χ2v) is 2.62. The van der Waals surface area contributed by atoms with Crippen molar-refractivity contribution >= 4 is 11.7 Å². The van der Waals surface area contributed by atoms with Gasteiger partial charge < -0.3 is 10.3 Å². The van der Waals surface area contributed by atoms with E-state index in [0.717, 1.165) is 5.56 Å². The van der Waals surface area contributed by atoms with Crippen molar-refractivity contribution in [3.05, 3.63) is 41.4 Å². The number of esters is 1. The standard InChI is InChI=1S/C10H7N3O2/c11-6-9(13-12)10(14)15-7-8-4-2-1-3-5-8/h1-5H,7H2. The number of hydrogen-bond donors (Lipinski definition) is 0. The summed E-state index contributed by atoms with van der Waals surface area (Å²) in [5.41, 5.74) is 8.39. The average Bonchev–Trinajstić information content (AvgIpc) is 2.29. The summed E-state index contributed by atoms with van der Waals surface area (Å²) in [7, 11) is 0. The van der Waals surface area contributed by atoms with Crippen LogP contribution in [0.3, 0.4) is 0 Å². The summed E-state index contributed by atoms with van der Waals surface area (Å²) in [5, 5.41) is 8.35. The molecule has 0 aliphatic rings. The van der Waals surface area contributed by atoms with Crippen LogP contribution in [0.4, 0.5) is 0 Å². The van der Waals surface area contributed by atoms with Crippen LogP contribution in [0, 0.1) is 11.3 Å². The van der Waals surface area contributed by atoms with Gasteiger partial charge in [-0.2, -0.15) is 5.26 Å². The van der Waals surface area contributed by atoms with Gasteiger partial charge in [0.05, 0.1) is 0 Å². The van der Waals surface area contributed by atoms with Gasteiger partial charge in [-0.1, -0.05) is 30.3 Å². The molecule has 0 spiro atoms. The molecule has 0 aromatic heterocycles. The van der Waals surface area contributed by atoms with Crippen molar-refractivity contribution in [2.45, 2.75) is 6.61 Å². The lowest BCUT2D eigenvalue weighted by Gasteiger charge is -1.99. The van der Waals surface area contributed by atoms with Gasteiger partial charge in [0.15, 0.2) is 6.07 Å². The normalized spacial score (nSPS) is 8.47. The highest BCUT2D eigenvalue weighted by atomic mass is 16.5. The van der Waals surface area contributed by atoms with Gasteiger partial charge in [0.1, 0.15) is 6.61 Å². The Kier molecular flexibility index (Phi) is 3.78. The maximum absolute atomic E-state index is 11.0. The Bertz CT molecular complexity index is 441. The molecule has 0 amide bonds. The molecule has 0 radical (unpaired) electrons. The number of nitrogens with zero attached hydrogens (tertiary/aromatic N) is 3. The maximum Gasteiger partial charge on any atom is 0.475 e. The van der Waals surface area contributed by atoms with E-state index >= 15 is 0 Å². The first-order valence-corrected chi connectivity index (χ1v) is 4.11. The number of rotatable bonds is 3. The van der Waals surface area contributed by atoms with Crippen LogP contribution in [-0.4, -0.2) is 16.5 Å². The van der Waals surface area contributed by atoms with Crippen LogP contribution in [0.2, 0.25) is 0 Å². The average molecular weight is 201 g/mol. The molecule has 5 nitrogen and oxygen atoms in total. The van der Waals surface area contributed by atoms with E-state index < -0.39 is 11.7 Å². The first-order valence-electron chi connectivity index (χ1n) is 4.11. The maximum atomic E-state index is 11.0. The number of carbonyl (C=O) groups is 1. The Balaban J connectivity index is 2.56. The zero-order valence-corrected chi connectivity index (χ0v) is 7.75. The zero-order chi connectivity index (χ0) is 11.1. The summed E-state index contributed by atoms with van der Waals surface area (Å²) in [5.74, 6) is -0.941. The molecule has 0 fully saturated rings.